The van der Waals surface area contributed by atoms with E-state index in [2.05, 4.69) is 31.4 Å². The van der Waals surface area contributed by atoms with Crippen LogP contribution < -0.4 is 5.32 Å². The summed E-state index contributed by atoms with van der Waals surface area (Å²) in [4.78, 5) is 16.5. The summed E-state index contributed by atoms with van der Waals surface area (Å²) in [5.74, 6) is -0.0405. The van der Waals surface area contributed by atoms with E-state index in [9.17, 15) is 4.79 Å². The van der Waals surface area contributed by atoms with Crippen molar-refractivity contribution in [1.82, 2.24) is 20.0 Å². The van der Waals surface area contributed by atoms with Gasteiger partial charge in [0.15, 0.2) is 0 Å². The molecular formula is C15H18ClN5OS. The second kappa shape index (κ2) is 7.83. The Labute approximate surface area is 144 Å². The Bertz CT molecular complexity index is 643. The Morgan fingerprint density at radius 2 is 1.96 bits per heavy atom. The molecule has 1 aliphatic rings. The van der Waals surface area contributed by atoms with Crippen LogP contribution in [0.3, 0.4) is 0 Å². The lowest BCUT2D eigenvalue weighted by Crippen LogP contribution is -2.48. The summed E-state index contributed by atoms with van der Waals surface area (Å²) in [5, 5.41) is 11.6. The molecule has 0 atom stereocenters. The highest BCUT2D eigenvalue weighted by molar-refractivity contribution is 7.13. The zero-order chi connectivity index (χ0) is 16.1. The van der Waals surface area contributed by atoms with Crippen LogP contribution in [-0.2, 0) is 11.3 Å². The molecule has 1 N–H and O–H groups in total. The molecule has 0 radical (unpaired) electrons. The Kier molecular flexibility index (Phi) is 5.56. The number of hydrogen-bond donors (Lipinski definition) is 1. The van der Waals surface area contributed by atoms with Gasteiger partial charge in [-0.25, -0.2) is 0 Å². The first-order valence-corrected chi connectivity index (χ1v) is 8.70. The standard InChI is InChI=1S/C15H18ClN5OS/c16-13-4-2-1-3-12(13)9-20-5-7-21(8-6-20)10-14(22)18-15-19-17-11-23-15/h1-4,11H,5-10H2,(H,18,19,22). The van der Waals surface area contributed by atoms with Crippen molar-refractivity contribution < 1.29 is 4.79 Å². The third kappa shape index (κ3) is 4.71. The van der Waals surface area contributed by atoms with Crippen LogP contribution in [0.2, 0.25) is 5.02 Å². The molecule has 0 bridgehead atoms. The van der Waals surface area contributed by atoms with Gasteiger partial charge in [-0.15, -0.1) is 10.2 Å². The monoisotopic (exact) mass is 351 g/mol. The third-order valence-electron chi connectivity index (χ3n) is 3.79. The number of nitrogens with zero attached hydrogens (tertiary/aromatic N) is 4. The van der Waals surface area contributed by atoms with Crippen LogP contribution in [0.4, 0.5) is 5.13 Å². The summed E-state index contributed by atoms with van der Waals surface area (Å²) in [7, 11) is 0. The molecule has 122 valence electrons. The Balaban J connectivity index is 1.43. The predicted molar refractivity (Wildman–Crippen MR) is 91.7 cm³/mol. The number of anilines is 1. The van der Waals surface area contributed by atoms with Gasteiger partial charge in [-0.3, -0.25) is 19.9 Å². The van der Waals surface area contributed by atoms with Gasteiger partial charge in [-0.05, 0) is 11.6 Å². The summed E-state index contributed by atoms with van der Waals surface area (Å²) in [6, 6.07) is 7.94. The molecule has 1 fully saturated rings. The van der Waals surface area contributed by atoms with Gasteiger partial charge in [0.25, 0.3) is 0 Å². The van der Waals surface area contributed by atoms with Crippen molar-refractivity contribution in [2.24, 2.45) is 0 Å². The van der Waals surface area contributed by atoms with Gasteiger partial charge >= 0.3 is 0 Å². The highest BCUT2D eigenvalue weighted by atomic mass is 35.5. The zero-order valence-corrected chi connectivity index (χ0v) is 14.2. The first-order valence-electron chi connectivity index (χ1n) is 7.45. The van der Waals surface area contributed by atoms with Crippen molar-refractivity contribution in [3.05, 3.63) is 40.4 Å². The van der Waals surface area contributed by atoms with Crippen molar-refractivity contribution in [2.45, 2.75) is 6.54 Å². The predicted octanol–water partition coefficient (Wildman–Crippen LogP) is 1.95. The minimum absolute atomic E-state index is 0.0405. The zero-order valence-electron chi connectivity index (χ0n) is 12.6. The van der Waals surface area contributed by atoms with E-state index in [1.165, 1.54) is 11.3 Å². The molecule has 6 nitrogen and oxygen atoms in total. The smallest absolute Gasteiger partial charge is 0.240 e. The summed E-state index contributed by atoms with van der Waals surface area (Å²) >= 11 is 7.53. The van der Waals surface area contributed by atoms with E-state index in [0.29, 0.717) is 11.7 Å². The SMILES string of the molecule is O=C(CN1CCN(Cc2ccccc2Cl)CC1)Nc1nncs1. The van der Waals surface area contributed by atoms with Gasteiger partial charge in [0.05, 0.1) is 6.54 Å². The molecule has 23 heavy (non-hydrogen) atoms. The number of aromatic nitrogens is 2. The quantitative estimate of drug-likeness (QED) is 0.892. The number of benzene rings is 1. The highest BCUT2D eigenvalue weighted by Gasteiger charge is 2.19. The molecule has 2 heterocycles. The molecule has 2 aromatic rings. The first-order chi connectivity index (χ1) is 11.2. The van der Waals surface area contributed by atoms with Gasteiger partial charge in [-0.2, -0.15) is 0 Å². The minimum Gasteiger partial charge on any atom is -0.299 e. The molecule has 8 heteroatoms. The number of halogens is 1. The molecule has 0 unspecified atom stereocenters. The fraction of sp³-hybridized carbons (Fsp3) is 0.400. The number of carbonyl (C=O) groups excluding carboxylic acids is 1. The van der Waals surface area contributed by atoms with Gasteiger partial charge in [0, 0.05) is 37.7 Å². The topological polar surface area (TPSA) is 61.4 Å². The Morgan fingerprint density at radius 3 is 2.65 bits per heavy atom. The van der Waals surface area contributed by atoms with E-state index >= 15 is 0 Å². The second-order valence-electron chi connectivity index (χ2n) is 5.44. The number of carbonyl (C=O) groups is 1. The molecule has 1 amide bonds. The fourth-order valence-corrected chi connectivity index (χ4v) is 3.22. The van der Waals surface area contributed by atoms with E-state index in [-0.39, 0.29) is 5.91 Å². The number of piperazine rings is 1. The number of hydrogen-bond acceptors (Lipinski definition) is 6. The van der Waals surface area contributed by atoms with Gasteiger partial charge in [-0.1, -0.05) is 41.1 Å². The summed E-state index contributed by atoms with van der Waals surface area (Å²) in [5.41, 5.74) is 2.75. The van der Waals surface area contributed by atoms with Crippen LogP contribution in [0.15, 0.2) is 29.8 Å². The molecule has 3 rings (SSSR count). The van der Waals surface area contributed by atoms with Crippen LogP contribution >= 0.6 is 22.9 Å². The molecule has 1 saturated heterocycles. The molecule has 0 aliphatic carbocycles. The average molecular weight is 352 g/mol. The molecule has 1 aromatic carbocycles. The van der Waals surface area contributed by atoms with Crippen LogP contribution in [0.5, 0.6) is 0 Å². The average Bonchev–Trinajstić information content (AvgIpc) is 3.04. The maximum Gasteiger partial charge on any atom is 0.240 e. The van der Waals surface area contributed by atoms with E-state index in [1.54, 1.807) is 5.51 Å². The van der Waals surface area contributed by atoms with E-state index in [0.717, 1.165) is 43.3 Å². The van der Waals surface area contributed by atoms with Crippen LogP contribution in [0, 0.1) is 0 Å². The maximum absolute atomic E-state index is 12.0. The normalized spacial score (nSPS) is 16.4. The lowest BCUT2D eigenvalue weighted by atomic mass is 10.2. The largest absolute Gasteiger partial charge is 0.299 e. The van der Waals surface area contributed by atoms with Crippen molar-refractivity contribution >= 4 is 34.0 Å². The minimum atomic E-state index is -0.0405. The van der Waals surface area contributed by atoms with E-state index in [4.69, 9.17) is 11.6 Å². The fourth-order valence-electron chi connectivity index (χ4n) is 2.56. The van der Waals surface area contributed by atoms with Crippen molar-refractivity contribution in [1.29, 1.82) is 0 Å². The molecule has 1 aliphatic heterocycles. The molecule has 0 saturated carbocycles. The van der Waals surface area contributed by atoms with Crippen LogP contribution in [0.1, 0.15) is 5.56 Å². The number of nitrogens with one attached hydrogen (secondary N) is 1. The summed E-state index contributed by atoms with van der Waals surface area (Å²) < 4.78 is 0. The lowest BCUT2D eigenvalue weighted by Gasteiger charge is -2.34. The van der Waals surface area contributed by atoms with E-state index < -0.39 is 0 Å². The van der Waals surface area contributed by atoms with Gasteiger partial charge in [0.2, 0.25) is 11.0 Å². The molecule has 0 spiro atoms. The summed E-state index contributed by atoms with van der Waals surface area (Å²) in [6.45, 7) is 4.83. The molecular weight excluding hydrogens is 334 g/mol. The number of rotatable bonds is 5. The second-order valence-corrected chi connectivity index (χ2v) is 6.68. The lowest BCUT2D eigenvalue weighted by molar-refractivity contribution is -0.117. The Morgan fingerprint density at radius 1 is 1.22 bits per heavy atom. The summed E-state index contributed by atoms with van der Waals surface area (Å²) in [6.07, 6.45) is 0. The highest BCUT2D eigenvalue weighted by Crippen LogP contribution is 2.18. The number of amides is 1. The maximum atomic E-state index is 12.0. The van der Waals surface area contributed by atoms with Gasteiger partial charge < -0.3 is 0 Å². The van der Waals surface area contributed by atoms with E-state index in [1.807, 2.05) is 18.2 Å². The Hall–Kier alpha value is -1.54. The van der Waals surface area contributed by atoms with Crippen molar-refractivity contribution in [3.8, 4) is 0 Å². The van der Waals surface area contributed by atoms with Crippen molar-refractivity contribution in [2.75, 3.05) is 38.0 Å². The third-order valence-corrected chi connectivity index (χ3v) is 4.77. The van der Waals surface area contributed by atoms with Gasteiger partial charge in [0.1, 0.15) is 5.51 Å². The first kappa shape index (κ1) is 16.3. The van der Waals surface area contributed by atoms with Crippen LogP contribution in [-0.4, -0.2) is 58.6 Å². The van der Waals surface area contributed by atoms with Crippen LogP contribution in [0.25, 0.3) is 0 Å². The van der Waals surface area contributed by atoms with Crippen molar-refractivity contribution in [3.63, 3.8) is 0 Å². The molecule has 1 aromatic heterocycles.